The minimum absolute atomic E-state index is 0.0442. The van der Waals surface area contributed by atoms with Gasteiger partial charge in [-0.2, -0.15) is 0 Å². The van der Waals surface area contributed by atoms with Crippen LogP contribution < -0.4 is 10.2 Å². The number of halogens is 1. The third kappa shape index (κ3) is 4.37. The highest BCUT2D eigenvalue weighted by molar-refractivity contribution is 8.01. The average molecular weight is 402 g/mol. The van der Waals surface area contributed by atoms with E-state index in [0.29, 0.717) is 5.69 Å². The number of hydrogen-bond acceptors (Lipinski definition) is 5. The number of carbonyl (C=O) groups excluding carboxylic acids is 3. The average Bonchev–Trinajstić information content (AvgIpc) is 2.93. The van der Waals surface area contributed by atoms with Crippen LogP contribution in [0.25, 0.3) is 0 Å². The van der Waals surface area contributed by atoms with Crippen LogP contribution in [0.4, 0.5) is 15.8 Å². The largest absolute Gasteiger partial charge is 0.478 e. The fraction of sp³-hybridized carbons (Fsp3) is 0.158. The summed E-state index contributed by atoms with van der Waals surface area (Å²) in [4.78, 5) is 48.7. The smallest absolute Gasteiger partial charge is 0.335 e. The molecule has 0 saturated carbocycles. The molecule has 0 spiro atoms. The van der Waals surface area contributed by atoms with Gasteiger partial charge in [0.25, 0.3) is 0 Å². The Hall–Kier alpha value is -3.20. The number of nitrogens with zero attached hydrogens (tertiary/aromatic N) is 1. The van der Waals surface area contributed by atoms with Crippen molar-refractivity contribution < 1.29 is 28.7 Å². The van der Waals surface area contributed by atoms with Crippen molar-refractivity contribution in [3.63, 3.8) is 0 Å². The Bertz CT molecular complexity index is 948. The molecular weight excluding hydrogens is 387 g/mol. The van der Waals surface area contributed by atoms with E-state index in [4.69, 9.17) is 5.11 Å². The van der Waals surface area contributed by atoms with Crippen LogP contribution in [-0.2, 0) is 14.4 Å². The van der Waals surface area contributed by atoms with Gasteiger partial charge >= 0.3 is 5.97 Å². The second-order valence-electron chi connectivity index (χ2n) is 5.98. The molecule has 1 saturated heterocycles. The van der Waals surface area contributed by atoms with Gasteiger partial charge < -0.3 is 10.4 Å². The quantitative estimate of drug-likeness (QED) is 0.720. The van der Waals surface area contributed by atoms with Crippen LogP contribution in [-0.4, -0.2) is 39.8 Å². The highest BCUT2D eigenvalue weighted by Crippen LogP contribution is 2.30. The van der Waals surface area contributed by atoms with E-state index in [1.165, 1.54) is 42.5 Å². The maximum atomic E-state index is 13.1. The number of hydrogen-bond donors (Lipinski definition) is 2. The molecule has 144 valence electrons. The monoisotopic (exact) mass is 402 g/mol. The summed E-state index contributed by atoms with van der Waals surface area (Å²) in [5, 5.41) is 10.7. The number of benzene rings is 2. The second kappa shape index (κ2) is 8.22. The van der Waals surface area contributed by atoms with E-state index in [1.54, 1.807) is 6.07 Å². The highest BCUT2D eigenvalue weighted by Gasteiger charge is 2.40. The number of carboxylic acid groups (broad SMARTS) is 1. The zero-order valence-corrected chi connectivity index (χ0v) is 15.2. The lowest BCUT2D eigenvalue weighted by molar-refractivity contribution is -0.121. The lowest BCUT2D eigenvalue weighted by Crippen LogP contribution is -2.31. The molecule has 7 nitrogen and oxygen atoms in total. The van der Waals surface area contributed by atoms with Gasteiger partial charge in [-0.05, 0) is 42.5 Å². The van der Waals surface area contributed by atoms with Gasteiger partial charge in [0, 0.05) is 12.1 Å². The van der Waals surface area contributed by atoms with E-state index in [-0.39, 0.29) is 23.4 Å². The number of aromatic carboxylic acids is 1. The Balaban J connectivity index is 1.60. The molecule has 2 N–H and O–H groups in total. The van der Waals surface area contributed by atoms with Crippen LogP contribution in [0.1, 0.15) is 16.8 Å². The maximum Gasteiger partial charge on any atom is 0.335 e. The Labute approximate surface area is 163 Å². The Morgan fingerprint density at radius 3 is 2.54 bits per heavy atom. The SMILES string of the molecule is O=C(CS[C@@H]1CC(=O)N(c2ccc(C(=O)O)cc2)C1=O)Nc1cccc(F)c1. The molecule has 0 aliphatic carbocycles. The van der Waals surface area contributed by atoms with Crippen LogP contribution in [0, 0.1) is 5.82 Å². The van der Waals surface area contributed by atoms with E-state index in [0.717, 1.165) is 16.7 Å². The van der Waals surface area contributed by atoms with Crippen molar-refractivity contribution in [3.8, 4) is 0 Å². The molecule has 28 heavy (non-hydrogen) atoms. The predicted octanol–water partition coefficient (Wildman–Crippen LogP) is 2.53. The van der Waals surface area contributed by atoms with Crippen molar-refractivity contribution in [1.29, 1.82) is 0 Å². The summed E-state index contributed by atoms with van der Waals surface area (Å²) in [6.07, 6.45) is -0.0581. The van der Waals surface area contributed by atoms with Gasteiger partial charge in [-0.1, -0.05) is 6.07 Å². The predicted molar refractivity (Wildman–Crippen MR) is 102 cm³/mol. The number of carbonyl (C=O) groups is 4. The van der Waals surface area contributed by atoms with Crippen LogP contribution in [0.5, 0.6) is 0 Å². The summed E-state index contributed by atoms with van der Waals surface area (Å²) >= 11 is 1.02. The Kier molecular flexibility index (Phi) is 5.74. The van der Waals surface area contributed by atoms with Crippen molar-refractivity contribution in [2.45, 2.75) is 11.7 Å². The van der Waals surface area contributed by atoms with Gasteiger partial charge in [0.2, 0.25) is 17.7 Å². The van der Waals surface area contributed by atoms with Crippen molar-refractivity contribution in [1.82, 2.24) is 0 Å². The molecule has 3 rings (SSSR count). The third-order valence-electron chi connectivity index (χ3n) is 4.00. The lowest BCUT2D eigenvalue weighted by atomic mass is 10.2. The first kappa shape index (κ1) is 19.6. The van der Waals surface area contributed by atoms with Gasteiger partial charge in [-0.25, -0.2) is 14.1 Å². The van der Waals surface area contributed by atoms with E-state index in [1.807, 2.05) is 0 Å². The second-order valence-corrected chi connectivity index (χ2v) is 7.17. The van der Waals surface area contributed by atoms with Crippen LogP contribution in [0.15, 0.2) is 48.5 Å². The number of nitrogens with one attached hydrogen (secondary N) is 1. The normalized spacial score (nSPS) is 16.3. The minimum Gasteiger partial charge on any atom is -0.478 e. The van der Waals surface area contributed by atoms with E-state index in [9.17, 15) is 23.6 Å². The van der Waals surface area contributed by atoms with Crippen molar-refractivity contribution in [2.75, 3.05) is 16.0 Å². The summed E-state index contributed by atoms with van der Waals surface area (Å²) in [6, 6.07) is 10.8. The van der Waals surface area contributed by atoms with Gasteiger partial charge in [-0.3, -0.25) is 14.4 Å². The van der Waals surface area contributed by atoms with Gasteiger partial charge in [0.05, 0.1) is 22.3 Å². The Morgan fingerprint density at radius 2 is 1.89 bits per heavy atom. The molecule has 0 unspecified atom stereocenters. The third-order valence-corrected chi connectivity index (χ3v) is 5.20. The summed E-state index contributed by atoms with van der Waals surface area (Å²) in [5.41, 5.74) is 0.634. The zero-order chi connectivity index (χ0) is 20.3. The molecule has 0 aromatic heterocycles. The molecular formula is C19H15FN2O5S. The van der Waals surface area contributed by atoms with Gasteiger partial charge in [-0.15, -0.1) is 11.8 Å². The van der Waals surface area contributed by atoms with E-state index in [2.05, 4.69) is 5.32 Å². The van der Waals surface area contributed by atoms with Crippen LogP contribution >= 0.6 is 11.8 Å². The molecule has 9 heteroatoms. The molecule has 0 radical (unpaired) electrons. The molecule has 2 aromatic rings. The summed E-state index contributed by atoms with van der Waals surface area (Å²) in [7, 11) is 0. The molecule has 1 fully saturated rings. The summed E-state index contributed by atoms with van der Waals surface area (Å²) in [6.45, 7) is 0. The molecule has 1 aliphatic heterocycles. The lowest BCUT2D eigenvalue weighted by Gasteiger charge is -2.15. The number of thioether (sulfide) groups is 1. The first-order valence-corrected chi connectivity index (χ1v) is 9.27. The van der Waals surface area contributed by atoms with Gasteiger partial charge in [0.15, 0.2) is 0 Å². The number of amides is 3. The number of rotatable bonds is 6. The molecule has 0 bridgehead atoms. The number of carboxylic acids is 1. The zero-order valence-electron chi connectivity index (χ0n) is 14.4. The first-order valence-electron chi connectivity index (χ1n) is 8.22. The molecule has 1 heterocycles. The Morgan fingerprint density at radius 1 is 1.18 bits per heavy atom. The van der Waals surface area contributed by atoms with E-state index >= 15 is 0 Å². The molecule has 1 aliphatic rings. The fourth-order valence-corrected chi connectivity index (χ4v) is 3.63. The minimum atomic E-state index is -1.11. The van der Waals surface area contributed by atoms with Crippen molar-refractivity contribution in [3.05, 3.63) is 59.9 Å². The maximum absolute atomic E-state index is 13.1. The number of anilines is 2. The van der Waals surface area contributed by atoms with E-state index < -0.39 is 34.8 Å². The molecule has 1 atom stereocenters. The molecule has 3 amide bonds. The van der Waals surface area contributed by atoms with Crippen LogP contribution in [0.3, 0.4) is 0 Å². The number of imide groups is 1. The summed E-state index contributed by atoms with van der Waals surface area (Å²) in [5.74, 6) is -2.96. The van der Waals surface area contributed by atoms with Crippen molar-refractivity contribution >= 4 is 46.8 Å². The summed E-state index contributed by atoms with van der Waals surface area (Å²) < 4.78 is 13.1. The standard InChI is InChI=1S/C19H15FN2O5S/c20-12-2-1-3-13(8-12)21-16(23)10-28-15-9-17(24)22(18(15)25)14-6-4-11(5-7-14)19(26)27/h1-8,15H,9-10H2,(H,21,23)(H,26,27)/t15-/m1/s1. The van der Waals surface area contributed by atoms with Crippen molar-refractivity contribution in [2.24, 2.45) is 0 Å². The first-order chi connectivity index (χ1) is 13.3. The van der Waals surface area contributed by atoms with Gasteiger partial charge in [0.1, 0.15) is 5.82 Å². The topological polar surface area (TPSA) is 104 Å². The fourth-order valence-electron chi connectivity index (χ4n) is 2.70. The molecule has 2 aromatic carbocycles. The van der Waals surface area contributed by atoms with Crippen LogP contribution in [0.2, 0.25) is 0 Å². The highest BCUT2D eigenvalue weighted by atomic mass is 32.2.